The monoisotopic (exact) mass is 235 g/mol. The lowest BCUT2D eigenvalue weighted by Gasteiger charge is -2.22. The predicted molar refractivity (Wildman–Crippen MR) is 57.3 cm³/mol. The van der Waals surface area contributed by atoms with Crippen LogP contribution in [0.5, 0.6) is 5.88 Å². The zero-order valence-electron chi connectivity index (χ0n) is 8.07. The Balaban J connectivity index is 0.00000196. The van der Waals surface area contributed by atoms with Gasteiger partial charge in [-0.2, -0.15) is 5.10 Å². The van der Waals surface area contributed by atoms with Crippen molar-refractivity contribution in [1.82, 2.24) is 10.2 Å². The smallest absolute Gasteiger partial charge is 0.254 e. The van der Waals surface area contributed by atoms with E-state index in [1.165, 1.54) is 6.20 Å². The van der Waals surface area contributed by atoms with Gasteiger partial charge in [-0.1, -0.05) is 0 Å². The summed E-state index contributed by atoms with van der Waals surface area (Å²) < 4.78 is 0. The third-order valence-corrected chi connectivity index (χ3v) is 1.76. The fraction of sp³-hybridized carbons (Fsp3) is 0.500. The topological polar surface area (TPSA) is 89.7 Å². The van der Waals surface area contributed by atoms with Gasteiger partial charge >= 0.3 is 0 Å². The SMILES string of the molecule is Cl.OCCN(CCO)c1ccnnc1O. The van der Waals surface area contributed by atoms with Crippen molar-refractivity contribution in [1.29, 1.82) is 0 Å². The summed E-state index contributed by atoms with van der Waals surface area (Å²) in [5, 5.41) is 33.9. The number of aromatic hydroxyl groups is 1. The number of anilines is 1. The summed E-state index contributed by atoms with van der Waals surface area (Å²) in [7, 11) is 0. The number of halogens is 1. The normalized spacial score (nSPS) is 9.47. The molecule has 1 rings (SSSR count). The van der Waals surface area contributed by atoms with E-state index in [4.69, 9.17) is 10.2 Å². The van der Waals surface area contributed by atoms with Crippen molar-refractivity contribution < 1.29 is 15.3 Å². The van der Waals surface area contributed by atoms with Crippen LogP contribution in [0.2, 0.25) is 0 Å². The van der Waals surface area contributed by atoms with Crippen LogP contribution in [0.15, 0.2) is 12.3 Å². The first kappa shape index (κ1) is 13.9. The lowest BCUT2D eigenvalue weighted by atomic mass is 10.3. The molecule has 0 aromatic carbocycles. The zero-order chi connectivity index (χ0) is 10.4. The van der Waals surface area contributed by atoms with Crippen LogP contribution in [0.1, 0.15) is 0 Å². The van der Waals surface area contributed by atoms with Gasteiger partial charge in [-0.25, -0.2) is 0 Å². The maximum atomic E-state index is 9.36. The summed E-state index contributed by atoms with van der Waals surface area (Å²) in [5.41, 5.74) is 0.461. The minimum Gasteiger partial charge on any atom is -0.491 e. The first-order chi connectivity index (χ1) is 6.79. The number of rotatable bonds is 5. The van der Waals surface area contributed by atoms with E-state index >= 15 is 0 Å². The quantitative estimate of drug-likeness (QED) is 0.631. The second-order valence-corrected chi connectivity index (χ2v) is 2.67. The third kappa shape index (κ3) is 3.86. The lowest BCUT2D eigenvalue weighted by Crippen LogP contribution is -2.29. The Morgan fingerprint density at radius 1 is 1.20 bits per heavy atom. The van der Waals surface area contributed by atoms with E-state index in [1.54, 1.807) is 11.0 Å². The number of nitrogens with zero attached hydrogens (tertiary/aromatic N) is 3. The molecule has 3 N–H and O–H groups in total. The van der Waals surface area contributed by atoms with Gasteiger partial charge in [0.2, 0.25) is 0 Å². The molecule has 0 aliphatic rings. The number of hydrogen-bond acceptors (Lipinski definition) is 6. The van der Waals surface area contributed by atoms with Crippen LogP contribution in [0, 0.1) is 0 Å². The Morgan fingerprint density at radius 3 is 2.27 bits per heavy atom. The molecule has 0 atom stereocenters. The van der Waals surface area contributed by atoms with Crippen LogP contribution in [0.4, 0.5) is 5.69 Å². The van der Waals surface area contributed by atoms with Crippen LogP contribution in [0.3, 0.4) is 0 Å². The molecule has 15 heavy (non-hydrogen) atoms. The van der Waals surface area contributed by atoms with Gasteiger partial charge in [-0.15, -0.1) is 17.5 Å². The molecule has 1 aromatic heterocycles. The Kier molecular flexibility index (Phi) is 6.68. The van der Waals surface area contributed by atoms with Crippen LogP contribution in [0.25, 0.3) is 0 Å². The molecular weight excluding hydrogens is 222 g/mol. The first-order valence-electron chi connectivity index (χ1n) is 4.27. The number of aliphatic hydroxyl groups is 2. The van der Waals surface area contributed by atoms with Crippen molar-refractivity contribution in [2.45, 2.75) is 0 Å². The summed E-state index contributed by atoms with van der Waals surface area (Å²) in [6.45, 7) is 0.559. The molecule has 0 aliphatic carbocycles. The maximum Gasteiger partial charge on any atom is 0.254 e. The molecular formula is C8H14ClN3O3. The molecule has 0 fully saturated rings. The summed E-state index contributed by atoms with van der Waals surface area (Å²) in [6, 6.07) is 1.58. The molecule has 0 radical (unpaired) electrons. The van der Waals surface area contributed by atoms with Crippen molar-refractivity contribution in [2.75, 3.05) is 31.2 Å². The largest absolute Gasteiger partial charge is 0.491 e. The van der Waals surface area contributed by atoms with E-state index < -0.39 is 0 Å². The van der Waals surface area contributed by atoms with Crippen molar-refractivity contribution in [2.24, 2.45) is 0 Å². The Bertz CT molecular complexity index is 282. The Labute approximate surface area is 93.6 Å². The van der Waals surface area contributed by atoms with Crippen LogP contribution < -0.4 is 4.90 Å². The molecule has 6 nitrogen and oxygen atoms in total. The highest BCUT2D eigenvalue weighted by Gasteiger charge is 2.10. The van der Waals surface area contributed by atoms with E-state index in [0.717, 1.165) is 0 Å². The zero-order valence-corrected chi connectivity index (χ0v) is 8.89. The molecule has 1 aromatic rings. The molecule has 0 bridgehead atoms. The van der Waals surface area contributed by atoms with Gasteiger partial charge in [-0.3, -0.25) is 0 Å². The predicted octanol–water partition coefficient (Wildman–Crippen LogP) is -0.605. The molecule has 1 heterocycles. The number of hydrogen-bond donors (Lipinski definition) is 3. The molecule has 0 saturated carbocycles. The highest BCUT2D eigenvalue weighted by atomic mass is 35.5. The van der Waals surface area contributed by atoms with Crippen LogP contribution in [-0.4, -0.2) is 51.8 Å². The molecule has 7 heteroatoms. The minimum atomic E-state index is -0.200. The number of aromatic nitrogens is 2. The fourth-order valence-electron chi connectivity index (χ4n) is 1.16. The van der Waals surface area contributed by atoms with Gasteiger partial charge < -0.3 is 20.2 Å². The van der Waals surface area contributed by atoms with Gasteiger partial charge in [0, 0.05) is 13.1 Å². The molecule has 0 unspecified atom stereocenters. The summed E-state index contributed by atoms with van der Waals surface area (Å²) in [6.07, 6.45) is 1.44. The van der Waals surface area contributed by atoms with Crippen molar-refractivity contribution in [3.63, 3.8) is 0 Å². The Morgan fingerprint density at radius 2 is 1.80 bits per heavy atom. The standard InChI is InChI=1S/C8H13N3O3.ClH/c12-5-3-11(4-6-13)7-1-2-9-10-8(7)14;/h1-2,12-13H,3-6H2,(H,10,14);1H. The maximum absolute atomic E-state index is 9.36. The van der Waals surface area contributed by atoms with E-state index in [-0.39, 0.29) is 31.5 Å². The summed E-state index contributed by atoms with van der Waals surface area (Å²) >= 11 is 0. The van der Waals surface area contributed by atoms with Crippen molar-refractivity contribution >= 4 is 18.1 Å². The molecule has 86 valence electrons. The summed E-state index contributed by atoms with van der Waals surface area (Å²) in [4.78, 5) is 1.63. The molecule has 0 saturated heterocycles. The molecule has 0 aliphatic heterocycles. The van der Waals surface area contributed by atoms with E-state index in [1.807, 2.05) is 0 Å². The molecule has 0 spiro atoms. The van der Waals surface area contributed by atoms with Crippen LogP contribution in [-0.2, 0) is 0 Å². The fourth-order valence-corrected chi connectivity index (χ4v) is 1.16. The van der Waals surface area contributed by atoms with Crippen LogP contribution >= 0.6 is 12.4 Å². The van der Waals surface area contributed by atoms with Gasteiger partial charge in [0.15, 0.2) is 0 Å². The van der Waals surface area contributed by atoms with Crippen molar-refractivity contribution in [3.8, 4) is 5.88 Å². The number of aliphatic hydroxyl groups excluding tert-OH is 2. The van der Waals surface area contributed by atoms with E-state index in [9.17, 15) is 5.11 Å². The second kappa shape index (κ2) is 7.22. The second-order valence-electron chi connectivity index (χ2n) is 2.67. The third-order valence-electron chi connectivity index (χ3n) is 1.76. The average Bonchev–Trinajstić information content (AvgIpc) is 2.18. The summed E-state index contributed by atoms with van der Waals surface area (Å²) in [5.74, 6) is -0.200. The van der Waals surface area contributed by atoms with Gasteiger partial charge in [0.05, 0.1) is 19.4 Å². The highest BCUT2D eigenvalue weighted by molar-refractivity contribution is 5.85. The Hall–Kier alpha value is -1.11. The lowest BCUT2D eigenvalue weighted by molar-refractivity contribution is 0.280. The highest BCUT2D eigenvalue weighted by Crippen LogP contribution is 2.22. The van der Waals surface area contributed by atoms with Crippen molar-refractivity contribution in [3.05, 3.63) is 12.3 Å². The first-order valence-corrected chi connectivity index (χ1v) is 4.27. The van der Waals surface area contributed by atoms with E-state index in [2.05, 4.69) is 10.2 Å². The van der Waals surface area contributed by atoms with E-state index in [0.29, 0.717) is 18.8 Å². The van der Waals surface area contributed by atoms with Gasteiger partial charge in [-0.05, 0) is 6.07 Å². The minimum absolute atomic E-state index is 0. The average molecular weight is 236 g/mol. The van der Waals surface area contributed by atoms with Gasteiger partial charge in [0.1, 0.15) is 5.69 Å². The van der Waals surface area contributed by atoms with Gasteiger partial charge in [0.25, 0.3) is 5.88 Å². The molecule has 0 amide bonds.